The van der Waals surface area contributed by atoms with Crippen molar-refractivity contribution in [3.63, 3.8) is 0 Å². The summed E-state index contributed by atoms with van der Waals surface area (Å²) in [5, 5.41) is 4.63. The summed E-state index contributed by atoms with van der Waals surface area (Å²) < 4.78 is 2.02. The van der Waals surface area contributed by atoms with Crippen molar-refractivity contribution < 1.29 is 0 Å². The van der Waals surface area contributed by atoms with E-state index in [2.05, 4.69) is 36.6 Å². The SMILES string of the molecule is CC(C)n1ccc(CC(CC2CCCCCC2)NN)n1. The predicted molar refractivity (Wildman–Crippen MR) is 83.2 cm³/mol. The summed E-state index contributed by atoms with van der Waals surface area (Å²) in [5.41, 5.74) is 4.16. The van der Waals surface area contributed by atoms with Gasteiger partial charge in [-0.15, -0.1) is 0 Å². The smallest absolute Gasteiger partial charge is 0.0640 e. The molecule has 0 spiro atoms. The van der Waals surface area contributed by atoms with E-state index in [1.54, 1.807) is 0 Å². The van der Waals surface area contributed by atoms with Crippen LogP contribution >= 0.6 is 0 Å². The second kappa shape index (κ2) is 7.79. The molecule has 114 valence electrons. The molecule has 1 atom stereocenters. The topological polar surface area (TPSA) is 55.9 Å². The molecule has 0 bridgehead atoms. The molecule has 0 amide bonds. The lowest BCUT2D eigenvalue weighted by molar-refractivity contribution is 0.350. The van der Waals surface area contributed by atoms with Crippen LogP contribution in [0.25, 0.3) is 0 Å². The van der Waals surface area contributed by atoms with Crippen LogP contribution in [0.5, 0.6) is 0 Å². The summed E-state index contributed by atoms with van der Waals surface area (Å²) in [7, 11) is 0. The van der Waals surface area contributed by atoms with Gasteiger partial charge in [0.2, 0.25) is 0 Å². The minimum Gasteiger partial charge on any atom is -0.271 e. The Morgan fingerprint density at radius 2 is 2.00 bits per heavy atom. The summed E-state index contributed by atoms with van der Waals surface area (Å²) >= 11 is 0. The van der Waals surface area contributed by atoms with E-state index in [0.717, 1.165) is 18.0 Å². The molecule has 1 aromatic heterocycles. The molecule has 3 N–H and O–H groups in total. The molecular formula is C16H30N4. The third-order valence-corrected chi connectivity index (χ3v) is 4.48. The van der Waals surface area contributed by atoms with Gasteiger partial charge in [0.1, 0.15) is 0 Å². The highest BCUT2D eigenvalue weighted by Crippen LogP contribution is 2.27. The highest BCUT2D eigenvalue weighted by Gasteiger charge is 2.18. The number of nitrogens with one attached hydrogen (secondary N) is 1. The molecule has 0 radical (unpaired) electrons. The van der Waals surface area contributed by atoms with Crippen molar-refractivity contribution in [2.75, 3.05) is 0 Å². The standard InChI is InChI=1S/C16H30N4/c1-13(2)20-10-9-15(19-20)12-16(18-17)11-14-7-5-3-4-6-8-14/h9-10,13-14,16,18H,3-8,11-12,17H2,1-2H3. The van der Waals surface area contributed by atoms with Gasteiger partial charge in [-0.05, 0) is 32.3 Å². The molecule has 4 heteroatoms. The van der Waals surface area contributed by atoms with E-state index in [4.69, 9.17) is 5.84 Å². The maximum Gasteiger partial charge on any atom is 0.0640 e. The fourth-order valence-electron chi connectivity index (χ4n) is 3.24. The van der Waals surface area contributed by atoms with E-state index in [1.165, 1.54) is 44.9 Å². The van der Waals surface area contributed by atoms with Crippen molar-refractivity contribution in [2.24, 2.45) is 11.8 Å². The molecule has 1 aromatic rings. The number of rotatable bonds is 6. The van der Waals surface area contributed by atoms with Gasteiger partial charge in [-0.2, -0.15) is 5.10 Å². The van der Waals surface area contributed by atoms with Crippen LogP contribution in [0.4, 0.5) is 0 Å². The molecular weight excluding hydrogens is 248 g/mol. The Morgan fingerprint density at radius 3 is 2.55 bits per heavy atom. The van der Waals surface area contributed by atoms with E-state index in [9.17, 15) is 0 Å². The highest BCUT2D eigenvalue weighted by molar-refractivity contribution is 5.02. The zero-order valence-corrected chi connectivity index (χ0v) is 13.0. The molecule has 1 aliphatic carbocycles. The van der Waals surface area contributed by atoms with Crippen molar-refractivity contribution in [3.8, 4) is 0 Å². The molecule has 1 fully saturated rings. The molecule has 1 saturated carbocycles. The second-order valence-electron chi connectivity index (χ2n) is 6.54. The summed E-state index contributed by atoms with van der Waals surface area (Å²) in [6.45, 7) is 4.31. The minimum atomic E-state index is 0.355. The summed E-state index contributed by atoms with van der Waals surface area (Å²) in [4.78, 5) is 0. The van der Waals surface area contributed by atoms with Crippen molar-refractivity contribution in [1.29, 1.82) is 0 Å². The van der Waals surface area contributed by atoms with E-state index in [-0.39, 0.29) is 0 Å². The van der Waals surface area contributed by atoms with E-state index >= 15 is 0 Å². The number of hydrazine groups is 1. The zero-order valence-electron chi connectivity index (χ0n) is 13.0. The minimum absolute atomic E-state index is 0.355. The van der Waals surface area contributed by atoms with E-state index in [0.29, 0.717) is 12.1 Å². The maximum absolute atomic E-state index is 5.76. The molecule has 0 aliphatic heterocycles. The number of nitrogens with two attached hydrogens (primary N) is 1. The fraction of sp³-hybridized carbons (Fsp3) is 0.812. The van der Waals surface area contributed by atoms with E-state index in [1.807, 2.05) is 4.68 Å². The molecule has 1 heterocycles. The molecule has 4 nitrogen and oxygen atoms in total. The second-order valence-corrected chi connectivity index (χ2v) is 6.54. The average Bonchev–Trinajstić information content (AvgIpc) is 2.75. The Bertz CT molecular complexity index is 378. The summed E-state index contributed by atoms with van der Waals surface area (Å²) in [6, 6.07) is 2.90. The lowest BCUT2D eigenvalue weighted by Crippen LogP contribution is -2.38. The lowest BCUT2D eigenvalue weighted by Gasteiger charge is -2.21. The van der Waals surface area contributed by atoms with Crippen LogP contribution in [0.1, 0.15) is 70.5 Å². The first-order valence-corrected chi connectivity index (χ1v) is 8.19. The Balaban J connectivity index is 1.87. The van der Waals surface area contributed by atoms with Gasteiger partial charge in [0.05, 0.1) is 5.69 Å². The first-order valence-electron chi connectivity index (χ1n) is 8.19. The van der Waals surface area contributed by atoms with Crippen LogP contribution in [0.3, 0.4) is 0 Å². The Labute approximate surface area is 123 Å². The van der Waals surface area contributed by atoms with Gasteiger partial charge >= 0.3 is 0 Å². The normalized spacial score (nSPS) is 19.2. The fourth-order valence-corrected chi connectivity index (χ4v) is 3.24. The first-order chi connectivity index (χ1) is 9.69. The summed E-state index contributed by atoms with van der Waals surface area (Å²) in [5.74, 6) is 6.60. The van der Waals surface area contributed by atoms with Crippen LogP contribution in [-0.2, 0) is 6.42 Å². The predicted octanol–water partition coefficient (Wildman–Crippen LogP) is 3.20. The lowest BCUT2D eigenvalue weighted by atomic mass is 9.91. The Hall–Kier alpha value is -0.870. The summed E-state index contributed by atoms with van der Waals surface area (Å²) in [6.07, 6.45) is 12.5. The number of nitrogens with zero attached hydrogens (tertiary/aromatic N) is 2. The van der Waals surface area contributed by atoms with Gasteiger partial charge < -0.3 is 0 Å². The van der Waals surface area contributed by atoms with Crippen LogP contribution in [-0.4, -0.2) is 15.8 Å². The van der Waals surface area contributed by atoms with Crippen LogP contribution in [0, 0.1) is 5.92 Å². The van der Waals surface area contributed by atoms with Crippen molar-refractivity contribution in [3.05, 3.63) is 18.0 Å². The van der Waals surface area contributed by atoms with Gasteiger partial charge in [-0.25, -0.2) is 0 Å². The van der Waals surface area contributed by atoms with Crippen LogP contribution < -0.4 is 11.3 Å². The van der Waals surface area contributed by atoms with Gasteiger partial charge in [0.15, 0.2) is 0 Å². The quantitative estimate of drug-likeness (QED) is 0.477. The van der Waals surface area contributed by atoms with Crippen molar-refractivity contribution >= 4 is 0 Å². The van der Waals surface area contributed by atoms with Gasteiger partial charge in [-0.3, -0.25) is 16.0 Å². The van der Waals surface area contributed by atoms with Crippen LogP contribution in [0.2, 0.25) is 0 Å². The number of hydrogen-bond acceptors (Lipinski definition) is 3. The van der Waals surface area contributed by atoms with Crippen LogP contribution in [0.15, 0.2) is 12.3 Å². The Kier molecular flexibility index (Phi) is 6.05. The monoisotopic (exact) mass is 278 g/mol. The first kappa shape index (κ1) is 15.5. The molecule has 1 aliphatic rings. The van der Waals surface area contributed by atoms with E-state index < -0.39 is 0 Å². The van der Waals surface area contributed by atoms with Gasteiger partial charge in [0.25, 0.3) is 0 Å². The zero-order chi connectivity index (χ0) is 14.4. The molecule has 0 aromatic carbocycles. The Morgan fingerprint density at radius 1 is 1.30 bits per heavy atom. The molecule has 1 unspecified atom stereocenters. The average molecular weight is 278 g/mol. The highest BCUT2D eigenvalue weighted by atomic mass is 15.3. The largest absolute Gasteiger partial charge is 0.271 e. The maximum atomic E-state index is 5.76. The number of hydrogen-bond donors (Lipinski definition) is 2. The third-order valence-electron chi connectivity index (χ3n) is 4.48. The molecule has 0 saturated heterocycles. The van der Waals surface area contributed by atoms with Gasteiger partial charge in [-0.1, -0.05) is 38.5 Å². The number of aromatic nitrogens is 2. The molecule has 20 heavy (non-hydrogen) atoms. The van der Waals surface area contributed by atoms with Crippen molar-refractivity contribution in [2.45, 2.75) is 77.3 Å². The molecule has 2 rings (SSSR count). The third kappa shape index (κ3) is 4.60. The van der Waals surface area contributed by atoms with Gasteiger partial charge in [0, 0.05) is 24.7 Å². The van der Waals surface area contributed by atoms with Crippen molar-refractivity contribution in [1.82, 2.24) is 15.2 Å².